The number of ether oxygens (including phenoxy) is 1. The van der Waals surface area contributed by atoms with Gasteiger partial charge in [0, 0.05) is 5.56 Å². The molecule has 17 heavy (non-hydrogen) atoms. The first kappa shape index (κ1) is 11.5. The highest BCUT2D eigenvalue weighted by molar-refractivity contribution is 5.38. The van der Waals surface area contributed by atoms with Gasteiger partial charge in [-0.15, -0.1) is 0 Å². The number of aliphatic hydroxyl groups is 1. The molecule has 0 saturated heterocycles. The maximum absolute atomic E-state index is 9.12. The van der Waals surface area contributed by atoms with Crippen molar-refractivity contribution in [2.24, 2.45) is 0 Å². The Bertz CT molecular complexity index is 508. The summed E-state index contributed by atoms with van der Waals surface area (Å²) in [6.45, 7) is 0.529. The molecule has 5 heteroatoms. The molecule has 1 aromatic heterocycles. The van der Waals surface area contributed by atoms with Gasteiger partial charge < -0.3 is 15.6 Å². The van der Waals surface area contributed by atoms with Crippen molar-refractivity contribution < 1.29 is 9.84 Å². The van der Waals surface area contributed by atoms with E-state index >= 15 is 0 Å². The van der Waals surface area contributed by atoms with Crippen LogP contribution in [0.2, 0.25) is 0 Å². The Kier molecular flexibility index (Phi) is 3.30. The van der Waals surface area contributed by atoms with Crippen LogP contribution in [0, 0.1) is 0 Å². The maximum atomic E-state index is 9.12. The first-order valence-electron chi connectivity index (χ1n) is 5.28. The second kappa shape index (κ2) is 4.88. The molecular formula is C12H15N3O2. The van der Waals surface area contributed by atoms with Crippen molar-refractivity contribution in [1.82, 2.24) is 9.78 Å². The zero-order valence-electron chi connectivity index (χ0n) is 9.63. The van der Waals surface area contributed by atoms with Gasteiger partial charge in [0.15, 0.2) is 0 Å². The number of nitrogens with zero attached hydrogens (tertiary/aromatic N) is 2. The Labute approximate surface area is 99.4 Å². The van der Waals surface area contributed by atoms with Crippen molar-refractivity contribution in [3.05, 3.63) is 41.6 Å². The summed E-state index contributed by atoms with van der Waals surface area (Å²) in [6, 6.07) is 7.29. The summed E-state index contributed by atoms with van der Waals surface area (Å²) in [5, 5.41) is 13.2. The monoisotopic (exact) mass is 233 g/mol. The third-order valence-corrected chi connectivity index (χ3v) is 2.60. The lowest BCUT2D eigenvalue weighted by molar-refractivity contribution is 0.281. The Morgan fingerprint density at radius 2 is 2.24 bits per heavy atom. The number of aliphatic hydroxyl groups excluding tert-OH is 1. The predicted octanol–water partition coefficient (Wildman–Crippen LogP) is 1.01. The molecule has 0 aliphatic rings. The molecule has 0 amide bonds. The zero-order chi connectivity index (χ0) is 12.3. The molecule has 1 aromatic carbocycles. The van der Waals surface area contributed by atoms with Crippen molar-refractivity contribution >= 4 is 5.82 Å². The van der Waals surface area contributed by atoms with Crippen molar-refractivity contribution in [1.29, 1.82) is 0 Å². The average Bonchev–Trinajstić information content (AvgIpc) is 2.75. The maximum Gasteiger partial charge on any atom is 0.123 e. The summed E-state index contributed by atoms with van der Waals surface area (Å²) in [5.74, 6) is 1.36. The van der Waals surface area contributed by atoms with E-state index in [-0.39, 0.29) is 6.61 Å². The zero-order valence-corrected chi connectivity index (χ0v) is 9.63. The van der Waals surface area contributed by atoms with E-state index < -0.39 is 0 Å². The second-order valence-corrected chi connectivity index (χ2v) is 3.72. The molecule has 0 aliphatic heterocycles. The van der Waals surface area contributed by atoms with Gasteiger partial charge in [0.1, 0.15) is 11.6 Å². The number of hydrogen-bond acceptors (Lipinski definition) is 4. The standard InChI is InChI=1S/C12H15N3O2/c1-17-11-3-2-9(8-16)6-10(11)7-15-12(13)4-5-14-15/h2-6,16H,7-8,13H2,1H3. The van der Waals surface area contributed by atoms with E-state index in [0.29, 0.717) is 12.4 Å². The van der Waals surface area contributed by atoms with E-state index in [0.717, 1.165) is 16.9 Å². The highest BCUT2D eigenvalue weighted by atomic mass is 16.5. The van der Waals surface area contributed by atoms with E-state index in [4.69, 9.17) is 15.6 Å². The fourth-order valence-corrected chi connectivity index (χ4v) is 1.69. The number of nitrogens with two attached hydrogens (primary N) is 1. The highest BCUT2D eigenvalue weighted by Crippen LogP contribution is 2.21. The molecule has 90 valence electrons. The molecule has 0 spiro atoms. The largest absolute Gasteiger partial charge is 0.496 e. The van der Waals surface area contributed by atoms with E-state index in [1.165, 1.54) is 0 Å². The van der Waals surface area contributed by atoms with Crippen LogP contribution in [0.25, 0.3) is 0 Å². The number of benzene rings is 1. The van der Waals surface area contributed by atoms with Crippen molar-refractivity contribution in [2.45, 2.75) is 13.2 Å². The summed E-state index contributed by atoms with van der Waals surface area (Å²) in [7, 11) is 1.61. The number of anilines is 1. The first-order valence-corrected chi connectivity index (χ1v) is 5.28. The van der Waals surface area contributed by atoms with Crippen molar-refractivity contribution in [3.63, 3.8) is 0 Å². The van der Waals surface area contributed by atoms with Gasteiger partial charge in [0.2, 0.25) is 0 Å². The Balaban J connectivity index is 2.33. The van der Waals surface area contributed by atoms with Crippen LogP contribution in [0.5, 0.6) is 5.75 Å². The van der Waals surface area contributed by atoms with Gasteiger partial charge in [-0.2, -0.15) is 5.10 Å². The van der Waals surface area contributed by atoms with Crippen molar-refractivity contribution in [3.8, 4) is 5.75 Å². The summed E-state index contributed by atoms with van der Waals surface area (Å²) in [6.07, 6.45) is 1.65. The van der Waals surface area contributed by atoms with Crippen LogP contribution in [0.15, 0.2) is 30.5 Å². The molecule has 5 nitrogen and oxygen atoms in total. The van der Waals surface area contributed by atoms with E-state index in [2.05, 4.69) is 5.10 Å². The third kappa shape index (κ3) is 2.39. The van der Waals surface area contributed by atoms with Crippen LogP contribution in [0.3, 0.4) is 0 Å². The molecule has 0 fully saturated rings. The minimum absolute atomic E-state index is 0.00554. The fourth-order valence-electron chi connectivity index (χ4n) is 1.69. The van der Waals surface area contributed by atoms with Gasteiger partial charge >= 0.3 is 0 Å². The molecule has 0 unspecified atom stereocenters. The molecule has 0 saturated carbocycles. The Morgan fingerprint density at radius 1 is 1.41 bits per heavy atom. The van der Waals surface area contributed by atoms with Crippen LogP contribution < -0.4 is 10.5 Å². The van der Waals surface area contributed by atoms with Gasteiger partial charge in [-0.05, 0) is 23.8 Å². The number of hydrogen-bond donors (Lipinski definition) is 2. The first-order chi connectivity index (χ1) is 8.24. The number of nitrogen functional groups attached to an aromatic ring is 1. The summed E-state index contributed by atoms with van der Waals surface area (Å²) in [5.41, 5.74) is 7.54. The molecule has 2 rings (SSSR count). The van der Waals surface area contributed by atoms with Gasteiger partial charge in [0.25, 0.3) is 0 Å². The smallest absolute Gasteiger partial charge is 0.123 e. The number of rotatable bonds is 4. The molecule has 0 aliphatic carbocycles. The van der Waals surface area contributed by atoms with Gasteiger partial charge in [-0.3, -0.25) is 0 Å². The van der Waals surface area contributed by atoms with Gasteiger partial charge in [-0.1, -0.05) is 6.07 Å². The summed E-state index contributed by atoms with van der Waals surface area (Å²) < 4.78 is 6.95. The van der Waals surface area contributed by atoms with Gasteiger partial charge in [0.05, 0.1) is 26.5 Å². The predicted molar refractivity (Wildman–Crippen MR) is 64.7 cm³/mol. The lowest BCUT2D eigenvalue weighted by atomic mass is 10.1. The molecule has 0 radical (unpaired) electrons. The third-order valence-electron chi connectivity index (χ3n) is 2.60. The molecule has 0 atom stereocenters. The summed E-state index contributed by atoms with van der Waals surface area (Å²) >= 11 is 0. The Hall–Kier alpha value is -2.01. The number of aromatic nitrogens is 2. The SMILES string of the molecule is COc1ccc(CO)cc1Cn1nccc1N. The number of methoxy groups -OCH3 is 1. The quantitative estimate of drug-likeness (QED) is 0.826. The van der Waals surface area contributed by atoms with Crippen LogP contribution in [0.4, 0.5) is 5.82 Å². The van der Waals surface area contributed by atoms with E-state index in [1.807, 2.05) is 18.2 Å². The topological polar surface area (TPSA) is 73.3 Å². The summed E-state index contributed by atoms with van der Waals surface area (Å²) in [4.78, 5) is 0. The van der Waals surface area contributed by atoms with Crippen LogP contribution in [-0.4, -0.2) is 22.0 Å². The molecular weight excluding hydrogens is 218 g/mol. The normalized spacial score (nSPS) is 10.5. The molecule has 0 bridgehead atoms. The average molecular weight is 233 g/mol. The Morgan fingerprint density at radius 3 is 2.82 bits per heavy atom. The van der Waals surface area contributed by atoms with Gasteiger partial charge in [-0.25, -0.2) is 4.68 Å². The fraction of sp³-hybridized carbons (Fsp3) is 0.250. The minimum atomic E-state index is 0.00554. The minimum Gasteiger partial charge on any atom is -0.496 e. The van der Waals surface area contributed by atoms with E-state index in [1.54, 1.807) is 24.1 Å². The van der Waals surface area contributed by atoms with Crippen LogP contribution >= 0.6 is 0 Å². The lowest BCUT2D eigenvalue weighted by Crippen LogP contribution is -2.07. The highest BCUT2D eigenvalue weighted by Gasteiger charge is 2.07. The molecule has 1 heterocycles. The van der Waals surface area contributed by atoms with E-state index in [9.17, 15) is 0 Å². The van der Waals surface area contributed by atoms with Crippen LogP contribution in [0.1, 0.15) is 11.1 Å². The van der Waals surface area contributed by atoms with Crippen LogP contribution in [-0.2, 0) is 13.2 Å². The second-order valence-electron chi connectivity index (χ2n) is 3.72. The van der Waals surface area contributed by atoms with Crippen molar-refractivity contribution in [2.75, 3.05) is 12.8 Å². The molecule has 3 N–H and O–H groups in total. The lowest BCUT2D eigenvalue weighted by Gasteiger charge is -2.11. The molecule has 2 aromatic rings.